The molecule has 0 saturated heterocycles. The molecule has 260 valence electrons. The number of fused-ring (bicyclic) bond motifs is 7. The highest BCUT2D eigenvalue weighted by Gasteiger charge is 2.24. The molecule has 10 aromatic rings. The SMILES string of the molecule is C1=Cc2c(sc3c(-c4ccccc4N(c4ccc5c(c4)oc4ccccc45)c4cc(-c5ccc6ccccc6c5)ccc4-c4ccccc4)cccc23)CC1. The summed E-state index contributed by atoms with van der Waals surface area (Å²) in [7, 11) is 0. The topological polar surface area (TPSA) is 16.4 Å². The zero-order valence-corrected chi connectivity index (χ0v) is 30.9. The van der Waals surface area contributed by atoms with Gasteiger partial charge < -0.3 is 9.32 Å². The van der Waals surface area contributed by atoms with Crippen LogP contribution in [0.3, 0.4) is 0 Å². The molecular weight excluding hydrogens is 687 g/mol. The maximum Gasteiger partial charge on any atom is 0.137 e. The smallest absolute Gasteiger partial charge is 0.137 e. The average molecular weight is 722 g/mol. The lowest BCUT2D eigenvalue weighted by molar-refractivity contribution is 0.669. The van der Waals surface area contributed by atoms with Gasteiger partial charge in [-0.05, 0) is 82.3 Å². The van der Waals surface area contributed by atoms with Gasteiger partial charge in [-0.1, -0.05) is 146 Å². The molecule has 0 atom stereocenters. The third-order valence-electron chi connectivity index (χ3n) is 11.1. The molecule has 2 nitrogen and oxygen atoms in total. The van der Waals surface area contributed by atoms with Crippen LogP contribution in [0.4, 0.5) is 17.1 Å². The van der Waals surface area contributed by atoms with E-state index in [0.717, 1.165) is 68.5 Å². The first kappa shape index (κ1) is 31.8. The quantitative estimate of drug-likeness (QED) is 0.170. The number of aryl methyl sites for hydroxylation is 1. The van der Waals surface area contributed by atoms with Gasteiger partial charge in [0.15, 0.2) is 0 Å². The van der Waals surface area contributed by atoms with Gasteiger partial charge in [0.1, 0.15) is 11.2 Å². The second-order valence-corrected chi connectivity index (χ2v) is 15.5. The van der Waals surface area contributed by atoms with E-state index in [4.69, 9.17) is 4.42 Å². The Bertz CT molecular complexity index is 3110. The summed E-state index contributed by atoms with van der Waals surface area (Å²) in [5.74, 6) is 0. The van der Waals surface area contributed by atoms with E-state index in [0.29, 0.717) is 0 Å². The van der Waals surface area contributed by atoms with Crippen LogP contribution < -0.4 is 4.90 Å². The van der Waals surface area contributed by atoms with Crippen molar-refractivity contribution in [1.82, 2.24) is 0 Å². The van der Waals surface area contributed by atoms with Crippen LogP contribution >= 0.6 is 11.3 Å². The third kappa shape index (κ3) is 5.39. The highest BCUT2D eigenvalue weighted by molar-refractivity contribution is 7.20. The lowest BCUT2D eigenvalue weighted by Crippen LogP contribution is -2.12. The van der Waals surface area contributed by atoms with Gasteiger partial charge in [-0.15, -0.1) is 11.3 Å². The number of benzene rings is 8. The van der Waals surface area contributed by atoms with E-state index in [2.05, 4.69) is 187 Å². The van der Waals surface area contributed by atoms with E-state index in [1.165, 1.54) is 48.0 Å². The van der Waals surface area contributed by atoms with Gasteiger partial charge >= 0.3 is 0 Å². The molecule has 8 aromatic carbocycles. The molecule has 0 fully saturated rings. The number of thiophene rings is 1. The molecule has 0 radical (unpaired) electrons. The van der Waals surface area contributed by atoms with E-state index in [1.54, 1.807) is 0 Å². The zero-order chi connectivity index (χ0) is 36.3. The Hall–Kier alpha value is -6.68. The summed E-state index contributed by atoms with van der Waals surface area (Å²) in [6, 6.07) is 63.9. The predicted octanol–water partition coefficient (Wildman–Crippen LogP) is 15.4. The van der Waals surface area contributed by atoms with Crippen LogP contribution in [0, 0.1) is 0 Å². The maximum absolute atomic E-state index is 6.55. The predicted molar refractivity (Wildman–Crippen MR) is 235 cm³/mol. The molecule has 0 aliphatic heterocycles. The molecule has 2 heterocycles. The van der Waals surface area contributed by atoms with Gasteiger partial charge in [0.2, 0.25) is 0 Å². The number of hydrogen-bond donors (Lipinski definition) is 0. The number of hydrogen-bond acceptors (Lipinski definition) is 3. The molecule has 1 aliphatic rings. The molecule has 0 amide bonds. The molecule has 0 unspecified atom stereocenters. The number of anilines is 3. The van der Waals surface area contributed by atoms with Crippen molar-refractivity contribution in [3.8, 4) is 33.4 Å². The highest BCUT2D eigenvalue weighted by Crippen LogP contribution is 2.49. The molecule has 0 bridgehead atoms. The molecule has 11 rings (SSSR count). The van der Waals surface area contributed by atoms with E-state index in [9.17, 15) is 0 Å². The fraction of sp³-hybridized carbons (Fsp3) is 0.0385. The number of para-hydroxylation sites is 2. The van der Waals surface area contributed by atoms with Gasteiger partial charge in [0, 0.05) is 54.2 Å². The molecule has 55 heavy (non-hydrogen) atoms. The monoisotopic (exact) mass is 721 g/mol. The number of allylic oxidation sites excluding steroid dienone is 1. The largest absolute Gasteiger partial charge is 0.456 e. The summed E-state index contributed by atoms with van der Waals surface area (Å²) >= 11 is 1.95. The first-order valence-electron chi connectivity index (χ1n) is 19.0. The number of rotatable bonds is 6. The second kappa shape index (κ2) is 13.0. The van der Waals surface area contributed by atoms with Gasteiger partial charge in [0.25, 0.3) is 0 Å². The Balaban J connectivity index is 1.20. The van der Waals surface area contributed by atoms with E-state index in [1.807, 2.05) is 17.4 Å². The Morgan fingerprint density at radius 2 is 1.22 bits per heavy atom. The fourth-order valence-electron chi connectivity index (χ4n) is 8.47. The van der Waals surface area contributed by atoms with Crippen LogP contribution in [0.1, 0.15) is 16.9 Å². The van der Waals surface area contributed by atoms with Crippen molar-refractivity contribution in [2.24, 2.45) is 0 Å². The van der Waals surface area contributed by atoms with Crippen LogP contribution in [-0.2, 0) is 6.42 Å². The lowest BCUT2D eigenvalue weighted by Gasteiger charge is -2.30. The molecule has 0 N–H and O–H groups in total. The fourth-order valence-corrected chi connectivity index (χ4v) is 9.80. The zero-order valence-electron chi connectivity index (χ0n) is 30.1. The normalized spacial score (nSPS) is 12.5. The van der Waals surface area contributed by atoms with E-state index in [-0.39, 0.29) is 0 Å². The minimum absolute atomic E-state index is 0.868. The van der Waals surface area contributed by atoms with Crippen molar-refractivity contribution in [2.75, 3.05) is 4.90 Å². The van der Waals surface area contributed by atoms with Gasteiger partial charge in [-0.25, -0.2) is 0 Å². The van der Waals surface area contributed by atoms with Crippen molar-refractivity contribution >= 4 is 77.3 Å². The number of nitrogens with zero attached hydrogens (tertiary/aromatic N) is 1. The first-order chi connectivity index (χ1) is 27.3. The summed E-state index contributed by atoms with van der Waals surface area (Å²) in [5, 5.41) is 6.04. The first-order valence-corrected chi connectivity index (χ1v) is 19.8. The summed E-state index contributed by atoms with van der Waals surface area (Å²) < 4.78 is 7.89. The van der Waals surface area contributed by atoms with Crippen molar-refractivity contribution in [1.29, 1.82) is 0 Å². The summed E-state index contributed by atoms with van der Waals surface area (Å²) in [4.78, 5) is 3.94. The Morgan fingerprint density at radius 3 is 2.16 bits per heavy atom. The standard InChI is InChI=1S/C52H35NOS/c1-2-14-35(15-3-1)40-29-27-38(37-26-25-34-13-4-5-16-36(34)31-37)32-48(40)53(39-28-30-43-42-18-7-10-23-49(42)54-50(43)33-39)47-22-9-6-17-41(47)45-20-12-21-46-44-19-8-11-24-51(44)55-52(45)46/h1-10,12-23,25-33H,11,24H2. The van der Waals surface area contributed by atoms with Crippen LogP contribution in [-0.4, -0.2) is 0 Å². The Morgan fingerprint density at radius 1 is 0.473 bits per heavy atom. The molecule has 0 saturated carbocycles. The van der Waals surface area contributed by atoms with Gasteiger partial charge in [0.05, 0.1) is 11.4 Å². The van der Waals surface area contributed by atoms with Gasteiger partial charge in [-0.3, -0.25) is 0 Å². The molecule has 3 heteroatoms. The molecule has 1 aliphatic carbocycles. The van der Waals surface area contributed by atoms with Gasteiger partial charge in [-0.2, -0.15) is 0 Å². The second-order valence-electron chi connectivity index (χ2n) is 14.4. The lowest BCUT2D eigenvalue weighted by atomic mass is 9.94. The van der Waals surface area contributed by atoms with E-state index < -0.39 is 0 Å². The number of furan rings is 1. The summed E-state index contributed by atoms with van der Waals surface area (Å²) in [5.41, 5.74) is 13.5. The molecule has 0 spiro atoms. The summed E-state index contributed by atoms with van der Waals surface area (Å²) in [6.07, 6.45) is 6.84. The van der Waals surface area contributed by atoms with Crippen LogP contribution in [0.15, 0.2) is 186 Å². The van der Waals surface area contributed by atoms with Crippen LogP contribution in [0.2, 0.25) is 0 Å². The van der Waals surface area contributed by atoms with Crippen molar-refractivity contribution in [3.05, 3.63) is 192 Å². The maximum atomic E-state index is 6.55. The highest BCUT2D eigenvalue weighted by atomic mass is 32.1. The molecular formula is C52H35NOS. The van der Waals surface area contributed by atoms with Crippen molar-refractivity contribution < 1.29 is 4.42 Å². The van der Waals surface area contributed by atoms with E-state index >= 15 is 0 Å². The minimum atomic E-state index is 0.868. The van der Waals surface area contributed by atoms with Crippen LogP contribution in [0.5, 0.6) is 0 Å². The third-order valence-corrected chi connectivity index (χ3v) is 12.4. The average Bonchev–Trinajstić information content (AvgIpc) is 3.82. The minimum Gasteiger partial charge on any atom is -0.456 e. The Kier molecular flexibility index (Phi) is 7.53. The summed E-state index contributed by atoms with van der Waals surface area (Å²) in [6.45, 7) is 0. The van der Waals surface area contributed by atoms with Crippen molar-refractivity contribution in [2.45, 2.75) is 12.8 Å². The molecule has 2 aromatic heterocycles. The van der Waals surface area contributed by atoms with Crippen molar-refractivity contribution in [3.63, 3.8) is 0 Å². The van der Waals surface area contributed by atoms with Crippen LogP contribution in [0.25, 0.3) is 82.3 Å². The Labute approximate surface area is 323 Å².